The quantitative estimate of drug-likeness (QED) is 0.533. The van der Waals surface area contributed by atoms with Gasteiger partial charge in [-0.05, 0) is 48.6 Å². The number of carboxylic acids is 1. The standard InChI is InChI=1S/C26H30N2O3/c29-25(30)19-31-18-21-13-11-20(12-14-21)16-28-17-24(15-27-28)26(22-7-3-1-4-8-22)23-9-5-2-6-10-23/h1-10,15,17,20-21,26H,11-14,16,18-19H2,(H,29,30)/t20-,21-. The maximum Gasteiger partial charge on any atom is 0.329 e. The fourth-order valence-corrected chi connectivity index (χ4v) is 4.65. The number of carboxylic acid groups (broad SMARTS) is 1. The lowest BCUT2D eigenvalue weighted by atomic mass is 9.82. The second kappa shape index (κ2) is 10.4. The molecule has 0 atom stereocenters. The maximum absolute atomic E-state index is 10.6. The van der Waals surface area contributed by atoms with Crippen LogP contribution in [0.4, 0.5) is 0 Å². The lowest BCUT2D eigenvalue weighted by Gasteiger charge is -2.28. The van der Waals surface area contributed by atoms with Crippen LogP contribution in [0.2, 0.25) is 0 Å². The minimum Gasteiger partial charge on any atom is -0.480 e. The van der Waals surface area contributed by atoms with Crippen molar-refractivity contribution in [1.29, 1.82) is 0 Å². The minimum atomic E-state index is -0.896. The van der Waals surface area contributed by atoms with Crippen molar-refractivity contribution in [2.24, 2.45) is 11.8 Å². The molecule has 1 aliphatic rings. The van der Waals surface area contributed by atoms with E-state index in [4.69, 9.17) is 14.9 Å². The van der Waals surface area contributed by atoms with E-state index < -0.39 is 5.97 Å². The molecule has 1 fully saturated rings. The van der Waals surface area contributed by atoms with Crippen LogP contribution in [0.15, 0.2) is 73.1 Å². The molecule has 1 N–H and O–H groups in total. The molecule has 0 bridgehead atoms. The van der Waals surface area contributed by atoms with E-state index in [9.17, 15) is 4.79 Å². The largest absolute Gasteiger partial charge is 0.480 e. The van der Waals surface area contributed by atoms with E-state index in [0.29, 0.717) is 18.4 Å². The van der Waals surface area contributed by atoms with Crippen LogP contribution in [0, 0.1) is 11.8 Å². The van der Waals surface area contributed by atoms with Gasteiger partial charge in [0.2, 0.25) is 0 Å². The number of nitrogens with zero attached hydrogens (tertiary/aromatic N) is 2. The Balaban J connectivity index is 1.39. The van der Waals surface area contributed by atoms with Crippen LogP contribution in [-0.4, -0.2) is 34.1 Å². The molecule has 5 nitrogen and oxygen atoms in total. The third kappa shape index (κ3) is 5.82. The molecule has 0 saturated heterocycles. The van der Waals surface area contributed by atoms with Gasteiger partial charge in [0.1, 0.15) is 6.61 Å². The second-order valence-electron chi connectivity index (χ2n) is 8.55. The first kappa shape index (κ1) is 21.3. The zero-order chi connectivity index (χ0) is 21.5. The maximum atomic E-state index is 10.6. The van der Waals surface area contributed by atoms with Gasteiger partial charge in [-0.25, -0.2) is 4.79 Å². The first-order valence-electron chi connectivity index (χ1n) is 11.1. The summed E-state index contributed by atoms with van der Waals surface area (Å²) in [5.41, 5.74) is 3.76. The summed E-state index contributed by atoms with van der Waals surface area (Å²) in [5, 5.41) is 13.4. The molecule has 0 unspecified atom stereocenters. The molecule has 2 aromatic carbocycles. The zero-order valence-electron chi connectivity index (χ0n) is 17.8. The van der Waals surface area contributed by atoms with Gasteiger partial charge in [0.05, 0.1) is 12.8 Å². The van der Waals surface area contributed by atoms with Gasteiger partial charge >= 0.3 is 5.97 Å². The predicted octanol–water partition coefficient (Wildman–Crippen LogP) is 4.97. The van der Waals surface area contributed by atoms with Crippen molar-refractivity contribution in [3.8, 4) is 0 Å². The van der Waals surface area contributed by atoms with Gasteiger partial charge in [0.15, 0.2) is 0 Å². The van der Waals surface area contributed by atoms with Crippen molar-refractivity contribution in [3.05, 3.63) is 89.7 Å². The predicted molar refractivity (Wildman–Crippen MR) is 120 cm³/mol. The molecule has 5 heteroatoms. The number of benzene rings is 2. The Labute approximate surface area is 183 Å². The highest BCUT2D eigenvalue weighted by Crippen LogP contribution is 2.33. The molecule has 162 valence electrons. The van der Waals surface area contributed by atoms with Crippen molar-refractivity contribution in [1.82, 2.24) is 9.78 Å². The Morgan fingerprint density at radius 3 is 2.10 bits per heavy atom. The summed E-state index contributed by atoms with van der Waals surface area (Å²) in [6, 6.07) is 21.2. The Kier molecular flexibility index (Phi) is 7.15. The fourth-order valence-electron chi connectivity index (χ4n) is 4.65. The van der Waals surface area contributed by atoms with Gasteiger partial charge in [-0.2, -0.15) is 5.10 Å². The summed E-state index contributed by atoms with van der Waals surface area (Å²) in [6.45, 7) is 1.29. The molecule has 0 amide bonds. The number of hydrogen-bond acceptors (Lipinski definition) is 3. The average Bonchev–Trinajstić information content (AvgIpc) is 3.24. The number of ether oxygens (including phenoxy) is 1. The molecule has 1 aromatic heterocycles. The van der Waals surface area contributed by atoms with Gasteiger partial charge in [-0.3, -0.25) is 4.68 Å². The smallest absolute Gasteiger partial charge is 0.329 e. The number of carbonyl (C=O) groups is 1. The number of rotatable bonds is 9. The Morgan fingerprint density at radius 1 is 0.935 bits per heavy atom. The normalized spacial score (nSPS) is 18.9. The summed E-state index contributed by atoms with van der Waals surface area (Å²) in [4.78, 5) is 10.6. The van der Waals surface area contributed by atoms with E-state index in [2.05, 4.69) is 71.5 Å². The summed E-state index contributed by atoms with van der Waals surface area (Å²) in [7, 11) is 0. The SMILES string of the molecule is O=C(O)COC[C@H]1CC[C@H](Cn2cc(C(c3ccccc3)c3ccccc3)cn2)CC1. The van der Waals surface area contributed by atoms with Crippen LogP contribution in [0.5, 0.6) is 0 Å². The zero-order valence-corrected chi connectivity index (χ0v) is 17.8. The topological polar surface area (TPSA) is 64.3 Å². The van der Waals surface area contributed by atoms with Crippen LogP contribution in [0.1, 0.15) is 48.3 Å². The lowest BCUT2D eigenvalue weighted by Crippen LogP contribution is -2.23. The van der Waals surface area contributed by atoms with Crippen LogP contribution in [0.25, 0.3) is 0 Å². The van der Waals surface area contributed by atoms with Crippen LogP contribution >= 0.6 is 0 Å². The molecule has 3 aromatic rings. The molecule has 1 saturated carbocycles. The van der Waals surface area contributed by atoms with Crippen LogP contribution in [-0.2, 0) is 16.1 Å². The molecule has 1 heterocycles. The summed E-state index contributed by atoms with van der Waals surface area (Å²) in [6.07, 6.45) is 8.67. The lowest BCUT2D eigenvalue weighted by molar-refractivity contribution is -0.142. The second-order valence-corrected chi connectivity index (χ2v) is 8.55. The van der Waals surface area contributed by atoms with Crippen molar-refractivity contribution in [2.45, 2.75) is 38.1 Å². The fraction of sp³-hybridized carbons (Fsp3) is 0.385. The van der Waals surface area contributed by atoms with Crippen LogP contribution < -0.4 is 0 Å². The highest BCUT2D eigenvalue weighted by atomic mass is 16.5. The van der Waals surface area contributed by atoms with Gasteiger partial charge in [0.25, 0.3) is 0 Å². The monoisotopic (exact) mass is 418 g/mol. The first-order valence-corrected chi connectivity index (χ1v) is 11.1. The van der Waals surface area contributed by atoms with Gasteiger partial charge in [-0.1, -0.05) is 60.7 Å². The van der Waals surface area contributed by atoms with Crippen LogP contribution in [0.3, 0.4) is 0 Å². The molecule has 1 aliphatic carbocycles. The number of aromatic nitrogens is 2. The number of hydrogen-bond donors (Lipinski definition) is 1. The van der Waals surface area contributed by atoms with E-state index in [1.165, 1.54) is 16.7 Å². The number of aliphatic carboxylic acids is 1. The third-order valence-corrected chi connectivity index (χ3v) is 6.24. The highest BCUT2D eigenvalue weighted by molar-refractivity contribution is 5.67. The van der Waals surface area contributed by atoms with Gasteiger partial charge < -0.3 is 9.84 Å². The van der Waals surface area contributed by atoms with Crippen molar-refractivity contribution in [3.63, 3.8) is 0 Å². The van der Waals surface area contributed by atoms with E-state index in [-0.39, 0.29) is 12.5 Å². The average molecular weight is 419 g/mol. The molecular formula is C26H30N2O3. The van der Waals surface area contributed by atoms with E-state index in [0.717, 1.165) is 32.2 Å². The van der Waals surface area contributed by atoms with E-state index in [1.807, 2.05) is 6.20 Å². The Morgan fingerprint density at radius 2 is 1.52 bits per heavy atom. The molecule has 31 heavy (non-hydrogen) atoms. The summed E-state index contributed by atoms with van der Waals surface area (Å²) < 4.78 is 7.38. The van der Waals surface area contributed by atoms with E-state index in [1.54, 1.807) is 0 Å². The van der Waals surface area contributed by atoms with Gasteiger partial charge in [0, 0.05) is 24.2 Å². The first-order chi connectivity index (χ1) is 15.2. The van der Waals surface area contributed by atoms with Gasteiger partial charge in [-0.15, -0.1) is 0 Å². The molecular weight excluding hydrogens is 388 g/mol. The van der Waals surface area contributed by atoms with Crippen molar-refractivity contribution < 1.29 is 14.6 Å². The molecule has 0 radical (unpaired) electrons. The van der Waals surface area contributed by atoms with E-state index >= 15 is 0 Å². The molecule has 0 spiro atoms. The van der Waals surface area contributed by atoms with Crippen molar-refractivity contribution >= 4 is 5.97 Å². The highest BCUT2D eigenvalue weighted by Gasteiger charge is 2.23. The molecule has 0 aliphatic heterocycles. The summed E-state index contributed by atoms with van der Waals surface area (Å²) >= 11 is 0. The summed E-state index contributed by atoms with van der Waals surface area (Å²) in [5.74, 6) is 0.366. The van der Waals surface area contributed by atoms with Crippen molar-refractivity contribution in [2.75, 3.05) is 13.2 Å². The Bertz CT molecular complexity index is 908. The Hall–Kier alpha value is -2.92. The third-order valence-electron chi connectivity index (χ3n) is 6.24. The molecule has 4 rings (SSSR count). The minimum absolute atomic E-state index is 0.179.